The average Bonchev–Trinajstić information content (AvgIpc) is 3.40. The van der Waals surface area contributed by atoms with E-state index >= 15 is 0 Å². The standard InChI is InChI=1S/C38H45N7O4/c1-25(2)35-37(48)41-33(19-28-10-6-5-7-11-28)23-44(24-34(46)40-15-9-13-29-17-32(21-39-20-29)36(47)42-35)38(49)31-14-8-12-30(18-31)22-45-27(4)16-26(3)43-45/h5-8,10-12,14,16-18,20-21,25,33,35H,9,13,15,19,22-24H2,1-4H3,(H,40,46)(H,41,48)(H,42,47)/t33-,35-/m1/s1. The minimum Gasteiger partial charge on any atom is -0.355 e. The van der Waals surface area contributed by atoms with Gasteiger partial charge in [0.2, 0.25) is 11.8 Å². The number of carbonyl (C=O) groups excluding carboxylic acids is 4. The molecule has 4 aromatic rings. The summed E-state index contributed by atoms with van der Waals surface area (Å²) in [4.78, 5) is 60.5. The van der Waals surface area contributed by atoms with E-state index in [0.29, 0.717) is 43.5 Å². The molecule has 4 amide bonds. The average molecular weight is 664 g/mol. The molecule has 0 spiro atoms. The van der Waals surface area contributed by atoms with E-state index in [9.17, 15) is 19.2 Å². The molecule has 5 rings (SSSR count). The Morgan fingerprint density at radius 3 is 2.45 bits per heavy atom. The molecule has 0 unspecified atom stereocenters. The van der Waals surface area contributed by atoms with Crippen LogP contribution in [0.25, 0.3) is 0 Å². The number of aromatic nitrogens is 3. The summed E-state index contributed by atoms with van der Waals surface area (Å²) in [6.07, 6.45) is 4.79. The number of hydrogen-bond donors (Lipinski definition) is 3. The van der Waals surface area contributed by atoms with Gasteiger partial charge in [0, 0.05) is 36.7 Å². The van der Waals surface area contributed by atoms with E-state index in [1.165, 1.54) is 11.1 Å². The molecule has 0 saturated carbocycles. The maximum absolute atomic E-state index is 14.3. The zero-order chi connectivity index (χ0) is 34.9. The lowest BCUT2D eigenvalue weighted by atomic mass is 10.00. The molecule has 2 bridgehead atoms. The van der Waals surface area contributed by atoms with Crippen molar-refractivity contribution in [2.45, 2.75) is 65.6 Å². The number of nitrogens with one attached hydrogen (secondary N) is 3. The van der Waals surface area contributed by atoms with Crippen LogP contribution in [0.4, 0.5) is 0 Å². The van der Waals surface area contributed by atoms with Crippen molar-refractivity contribution in [2.75, 3.05) is 19.6 Å². The van der Waals surface area contributed by atoms with Crippen LogP contribution in [-0.4, -0.2) is 75.0 Å². The normalized spacial score (nSPS) is 18.0. The van der Waals surface area contributed by atoms with Crippen LogP contribution in [0.3, 0.4) is 0 Å². The largest absolute Gasteiger partial charge is 0.355 e. The first-order valence-electron chi connectivity index (χ1n) is 16.8. The van der Waals surface area contributed by atoms with Crippen molar-refractivity contribution < 1.29 is 19.2 Å². The van der Waals surface area contributed by atoms with Gasteiger partial charge >= 0.3 is 0 Å². The van der Waals surface area contributed by atoms with Gasteiger partial charge in [-0.25, -0.2) is 0 Å². The van der Waals surface area contributed by atoms with Gasteiger partial charge in [0.25, 0.3) is 11.8 Å². The Labute approximate surface area is 287 Å². The lowest BCUT2D eigenvalue weighted by Crippen LogP contribution is -2.55. The molecular weight excluding hydrogens is 618 g/mol. The SMILES string of the molecule is Cc1cc(C)n(Cc2cccc(C(=O)N3CC(=O)NCCCc4cncc(c4)C(=O)N[C@H](C(C)C)C(=O)N[C@H](Cc4ccccc4)C3)c2)n1. The fraction of sp³-hybridized carbons (Fsp3) is 0.368. The lowest BCUT2D eigenvalue weighted by molar-refractivity contribution is -0.124. The summed E-state index contributed by atoms with van der Waals surface area (Å²) in [6.45, 7) is 8.42. The lowest BCUT2D eigenvalue weighted by Gasteiger charge is -2.30. The molecule has 11 nitrogen and oxygen atoms in total. The predicted molar refractivity (Wildman–Crippen MR) is 187 cm³/mol. The van der Waals surface area contributed by atoms with Crippen LogP contribution in [0.15, 0.2) is 79.1 Å². The highest BCUT2D eigenvalue weighted by Crippen LogP contribution is 2.15. The van der Waals surface area contributed by atoms with Crippen LogP contribution in [0, 0.1) is 19.8 Å². The maximum atomic E-state index is 14.3. The first-order valence-corrected chi connectivity index (χ1v) is 16.8. The molecule has 0 aliphatic carbocycles. The van der Waals surface area contributed by atoms with Gasteiger partial charge in [0.15, 0.2) is 0 Å². The number of aryl methyl sites for hydroxylation is 3. The summed E-state index contributed by atoms with van der Waals surface area (Å²) < 4.78 is 1.89. The molecule has 2 aromatic heterocycles. The van der Waals surface area contributed by atoms with Gasteiger partial charge in [-0.1, -0.05) is 56.3 Å². The van der Waals surface area contributed by atoms with Crippen molar-refractivity contribution in [1.82, 2.24) is 35.6 Å². The van der Waals surface area contributed by atoms with Gasteiger partial charge in [-0.15, -0.1) is 0 Å². The van der Waals surface area contributed by atoms with E-state index in [2.05, 4.69) is 26.0 Å². The first kappa shape index (κ1) is 35.0. The molecule has 256 valence electrons. The van der Waals surface area contributed by atoms with Crippen molar-refractivity contribution in [3.63, 3.8) is 0 Å². The highest BCUT2D eigenvalue weighted by Gasteiger charge is 2.30. The second-order valence-corrected chi connectivity index (χ2v) is 13.1. The fourth-order valence-corrected chi connectivity index (χ4v) is 6.09. The van der Waals surface area contributed by atoms with Crippen molar-refractivity contribution in [2.24, 2.45) is 5.92 Å². The van der Waals surface area contributed by atoms with Gasteiger partial charge in [-0.3, -0.25) is 28.8 Å². The summed E-state index contributed by atoms with van der Waals surface area (Å²) in [5.41, 5.74) is 5.42. The Kier molecular flexibility index (Phi) is 11.6. The molecule has 0 fully saturated rings. The van der Waals surface area contributed by atoms with Crippen LogP contribution < -0.4 is 16.0 Å². The van der Waals surface area contributed by atoms with Crippen LogP contribution >= 0.6 is 0 Å². The smallest absolute Gasteiger partial charge is 0.254 e. The molecule has 0 saturated heterocycles. The van der Waals surface area contributed by atoms with Gasteiger partial charge in [-0.2, -0.15) is 5.10 Å². The Hall–Kier alpha value is -5.32. The van der Waals surface area contributed by atoms with Crippen LogP contribution in [-0.2, 0) is 29.0 Å². The van der Waals surface area contributed by atoms with Gasteiger partial charge < -0.3 is 20.9 Å². The summed E-state index contributed by atoms with van der Waals surface area (Å²) in [7, 11) is 0. The van der Waals surface area contributed by atoms with Crippen LogP contribution in [0.1, 0.15) is 69.1 Å². The first-order chi connectivity index (χ1) is 23.5. The molecule has 1 aliphatic rings. The topological polar surface area (TPSA) is 138 Å². The molecule has 3 N–H and O–H groups in total. The second kappa shape index (κ2) is 16.2. The van der Waals surface area contributed by atoms with E-state index in [1.54, 1.807) is 18.3 Å². The summed E-state index contributed by atoms with van der Waals surface area (Å²) in [5, 5.41) is 13.5. The van der Waals surface area contributed by atoms with Crippen LogP contribution in [0.2, 0.25) is 0 Å². The summed E-state index contributed by atoms with van der Waals surface area (Å²) >= 11 is 0. The maximum Gasteiger partial charge on any atom is 0.254 e. The third-order valence-corrected chi connectivity index (χ3v) is 8.60. The van der Waals surface area contributed by atoms with E-state index in [0.717, 1.165) is 28.1 Å². The molecular formula is C38H45N7O4. The third-order valence-electron chi connectivity index (χ3n) is 8.60. The van der Waals surface area contributed by atoms with Crippen molar-refractivity contribution in [3.05, 3.63) is 118 Å². The van der Waals surface area contributed by atoms with E-state index in [4.69, 9.17) is 0 Å². The molecule has 3 heterocycles. The zero-order valence-electron chi connectivity index (χ0n) is 28.6. The third kappa shape index (κ3) is 9.62. The molecule has 2 aromatic carbocycles. The Bertz CT molecular complexity index is 1790. The fourth-order valence-electron chi connectivity index (χ4n) is 6.09. The van der Waals surface area contributed by atoms with Gasteiger partial charge in [0.1, 0.15) is 6.04 Å². The van der Waals surface area contributed by atoms with E-state index in [1.807, 2.05) is 87.0 Å². The Balaban J connectivity index is 1.46. The van der Waals surface area contributed by atoms with Crippen molar-refractivity contribution >= 4 is 23.6 Å². The predicted octanol–water partition coefficient (Wildman–Crippen LogP) is 3.63. The van der Waals surface area contributed by atoms with E-state index in [-0.39, 0.29) is 36.7 Å². The number of nitrogens with zero attached hydrogens (tertiary/aromatic N) is 4. The number of rotatable bonds is 6. The minimum absolute atomic E-state index is 0.0675. The summed E-state index contributed by atoms with van der Waals surface area (Å²) in [6, 6.07) is 19.4. The Morgan fingerprint density at radius 2 is 1.71 bits per heavy atom. The number of amides is 4. The molecule has 49 heavy (non-hydrogen) atoms. The highest BCUT2D eigenvalue weighted by atomic mass is 16.2. The summed E-state index contributed by atoms with van der Waals surface area (Å²) in [5.74, 6) is -1.62. The number of pyridine rings is 1. The second-order valence-electron chi connectivity index (χ2n) is 13.1. The molecule has 2 atom stereocenters. The van der Waals surface area contributed by atoms with Gasteiger partial charge in [0.05, 0.1) is 30.4 Å². The number of benzene rings is 2. The molecule has 11 heteroatoms. The highest BCUT2D eigenvalue weighted by molar-refractivity contribution is 5.98. The van der Waals surface area contributed by atoms with Crippen molar-refractivity contribution in [1.29, 1.82) is 0 Å². The Morgan fingerprint density at radius 1 is 0.939 bits per heavy atom. The number of fused-ring (bicyclic) bond motifs is 2. The monoisotopic (exact) mass is 663 g/mol. The van der Waals surface area contributed by atoms with Gasteiger partial charge in [-0.05, 0) is 80.0 Å². The van der Waals surface area contributed by atoms with E-state index < -0.39 is 18.0 Å². The zero-order valence-corrected chi connectivity index (χ0v) is 28.6. The number of carbonyl (C=O) groups is 4. The quantitative estimate of drug-likeness (QED) is 0.288. The van der Waals surface area contributed by atoms with Crippen molar-refractivity contribution in [3.8, 4) is 0 Å². The molecule has 0 radical (unpaired) electrons. The number of hydrogen-bond acceptors (Lipinski definition) is 6. The van der Waals surface area contributed by atoms with Crippen LogP contribution in [0.5, 0.6) is 0 Å². The minimum atomic E-state index is -0.844. The molecule has 1 aliphatic heterocycles.